The first-order valence-electron chi connectivity index (χ1n) is 2.45. The van der Waals surface area contributed by atoms with Gasteiger partial charge in [-0.1, -0.05) is 0 Å². The van der Waals surface area contributed by atoms with Gasteiger partial charge in [0.25, 0.3) is 0 Å². The van der Waals surface area contributed by atoms with Crippen LogP contribution in [0.4, 0.5) is 0 Å². The van der Waals surface area contributed by atoms with Crippen LogP contribution in [0.25, 0.3) is 0 Å². The molecule has 0 aliphatic heterocycles. The summed E-state index contributed by atoms with van der Waals surface area (Å²) in [4.78, 5) is 2.94. The van der Waals surface area contributed by atoms with Gasteiger partial charge < -0.3 is 0 Å². The van der Waals surface area contributed by atoms with Gasteiger partial charge in [0.2, 0.25) is 6.33 Å². The maximum absolute atomic E-state index is 2.94. The molecule has 0 aliphatic carbocycles. The Hall–Kier alpha value is -0.284. The second-order valence-corrected chi connectivity index (χ2v) is 1.44. The number of hydrogen-bond donors (Lipinski definition) is 1. The molecule has 1 heterocycles. The molecule has 0 aromatic carbocycles. The van der Waals surface area contributed by atoms with Crippen molar-refractivity contribution in [1.29, 1.82) is 0 Å². The Morgan fingerprint density at radius 1 is 1.62 bits per heavy atom. The summed E-state index contributed by atoms with van der Waals surface area (Å²) in [6.45, 7) is 3.15. The summed E-state index contributed by atoms with van der Waals surface area (Å²) in [5, 5.41) is 0. The van der Waals surface area contributed by atoms with Crippen molar-refractivity contribution in [2.24, 2.45) is 0 Å². The summed E-state index contributed by atoms with van der Waals surface area (Å²) in [5.41, 5.74) is 0. The average Bonchev–Trinajstić information content (AvgIpc) is 2.14. The maximum Gasteiger partial charge on any atom is 2.00 e. The van der Waals surface area contributed by atoms with E-state index in [-0.39, 0.29) is 16.8 Å². The van der Waals surface area contributed by atoms with Gasteiger partial charge in [-0.05, 0) is 6.92 Å². The van der Waals surface area contributed by atoms with E-state index in [9.17, 15) is 0 Å². The predicted octanol–water partition coefficient (Wildman–Crippen LogP) is 0.320. The van der Waals surface area contributed by atoms with Crippen LogP contribution in [0.5, 0.6) is 0 Å². The monoisotopic (exact) mass is 156 g/mol. The molecular weight excluding hydrogens is 147 g/mol. The van der Waals surface area contributed by atoms with E-state index in [0.717, 1.165) is 6.54 Å². The molecule has 0 saturated carbocycles. The van der Waals surface area contributed by atoms with E-state index in [1.807, 2.05) is 18.7 Å². The summed E-state index contributed by atoms with van der Waals surface area (Å²) < 4.78 is 2.07. The fourth-order valence-corrected chi connectivity index (χ4v) is 0.517. The van der Waals surface area contributed by atoms with Gasteiger partial charge in [-0.25, -0.2) is 4.57 Å². The van der Waals surface area contributed by atoms with Crippen molar-refractivity contribution >= 4 is 0 Å². The number of hydrogen-bond acceptors (Lipinski definition) is 0. The molecule has 1 N–H and O–H groups in total. The molecule has 0 atom stereocenters. The Bertz CT molecular complexity index is 125. The van der Waals surface area contributed by atoms with Gasteiger partial charge in [0.05, 0.1) is 6.54 Å². The summed E-state index contributed by atoms with van der Waals surface area (Å²) in [6, 6.07) is 0. The molecule has 0 fully saturated rings. The Kier molecular flexibility index (Phi) is 3.56. The quantitative estimate of drug-likeness (QED) is 0.565. The van der Waals surface area contributed by atoms with Crippen molar-refractivity contribution in [1.82, 2.24) is 4.98 Å². The van der Waals surface area contributed by atoms with Crippen molar-refractivity contribution in [3.63, 3.8) is 0 Å². The van der Waals surface area contributed by atoms with E-state index < -0.39 is 0 Å². The first-order chi connectivity index (χ1) is 3.43. The number of H-pyrrole nitrogens is 1. The number of aryl methyl sites for hydroxylation is 1. The van der Waals surface area contributed by atoms with Gasteiger partial charge in [0.15, 0.2) is 0 Å². The fourth-order valence-electron chi connectivity index (χ4n) is 0.517. The topological polar surface area (TPSA) is 19.7 Å². The molecule has 45 valence electrons. The summed E-state index contributed by atoms with van der Waals surface area (Å²) in [5.74, 6) is 0. The normalized spacial score (nSPS) is 8.12. The average molecular weight is 156 g/mol. The molecule has 0 saturated heterocycles. The summed E-state index contributed by atoms with van der Waals surface area (Å²) in [7, 11) is 0. The Labute approximate surface area is 59.1 Å². The number of rotatable bonds is 1. The standard InChI is InChI=1S/C5H8N2.Co/c1-2-7-4-3-6-5-7;/h3-5H,2H2,1H3;/q;+2/p+1. The van der Waals surface area contributed by atoms with Crippen molar-refractivity contribution in [2.75, 3.05) is 0 Å². The number of imidazole rings is 1. The van der Waals surface area contributed by atoms with Crippen LogP contribution in [-0.2, 0) is 23.3 Å². The van der Waals surface area contributed by atoms with E-state index in [2.05, 4.69) is 16.5 Å². The number of nitrogens with zero attached hydrogens (tertiary/aromatic N) is 1. The van der Waals surface area contributed by atoms with E-state index >= 15 is 0 Å². The van der Waals surface area contributed by atoms with Crippen LogP contribution < -0.4 is 4.57 Å². The minimum Gasteiger partial charge on any atom is -0.250 e. The largest absolute Gasteiger partial charge is 2.00 e. The minimum atomic E-state index is 0. The molecule has 0 aliphatic rings. The van der Waals surface area contributed by atoms with Gasteiger partial charge in [-0.15, -0.1) is 0 Å². The first kappa shape index (κ1) is 7.72. The second kappa shape index (κ2) is 3.69. The van der Waals surface area contributed by atoms with Crippen LogP contribution in [0, 0.1) is 0 Å². The summed E-state index contributed by atoms with van der Waals surface area (Å²) >= 11 is 0. The minimum absolute atomic E-state index is 0. The van der Waals surface area contributed by atoms with Gasteiger partial charge in [0, 0.05) is 0 Å². The maximum atomic E-state index is 2.94. The first-order valence-corrected chi connectivity index (χ1v) is 2.45. The Morgan fingerprint density at radius 3 is 2.62 bits per heavy atom. The number of nitrogens with one attached hydrogen (secondary N) is 1. The molecular formula is C5H9CoN2+3. The zero-order valence-electron chi connectivity index (χ0n) is 4.72. The van der Waals surface area contributed by atoms with Crippen LogP contribution in [0.2, 0.25) is 0 Å². The molecule has 3 heteroatoms. The third-order valence-corrected chi connectivity index (χ3v) is 0.968. The molecule has 0 unspecified atom stereocenters. The molecule has 2 nitrogen and oxygen atoms in total. The summed E-state index contributed by atoms with van der Waals surface area (Å²) in [6.07, 6.45) is 5.84. The van der Waals surface area contributed by atoms with E-state index in [1.165, 1.54) is 0 Å². The van der Waals surface area contributed by atoms with Gasteiger partial charge >= 0.3 is 16.8 Å². The molecule has 0 bridgehead atoms. The van der Waals surface area contributed by atoms with E-state index in [4.69, 9.17) is 0 Å². The van der Waals surface area contributed by atoms with Crippen molar-refractivity contribution in [3.8, 4) is 0 Å². The van der Waals surface area contributed by atoms with Crippen molar-refractivity contribution < 1.29 is 21.3 Å². The smallest absolute Gasteiger partial charge is 0.250 e. The Balaban J connectivity index is 0.000000490. The third kappa shape index (κ3) is 1.67. The van der Waals surface area contributed by atoms with E-state index in [1.54, 1.807) is 0 Å². The molecule has 1 aromatic rings. The molecule has 8 heavy (non-hydrogen) atoms. The second-order valence-electron chi connectivity index (χ2n) is 1.44. The molecule has 1 rings (SSSR count). The molecule has 0 spiro atoms. The zero-order chi connectivity index (χ0) is 5.11. The zero-order valence-corrected chi connectivity index (χ0v) is 5.76. The molecule has 1 radical (unpaired) electrons. The number of aromatic amines is 1. The fraction of sp³-hybridized carbons (Fsp3) is 0.400. The van der Waals surface area contributed by atoms with E-state index in [0.29, 0.717) is 0 Å². The van der Waals surface area contributed by atoms with Crippen LogP contribution >= 0.6 is 0 Å². The van der Waals surface area contributed by atoms with Crippen LogP contribution in [0.3, 0.4) is 0 Å². The third-order valence-electron chi connectivity index (χ3n) is 0.968. The van der Waals surface area contributed by atoms with Gasteiger partial charge in [-0.2, -0.15) is 0 Å². The SMILES string of the molecule is CC[n+]1cc[nH]c1.[Co+2]. The van der Waals surface area contributed by atoms with Crippen LogP contribution in [0.15, 0.2) is 18.7 Å². The van der Waals surface area contributed by atoms with Crippen molar-refractivity contribution in [2.45, 2.75) is 13.5 Å². The Morgan fingerprint density at radius 2 is 2.38 bits per heavy atom. The predicted molar refractivity (Wildman–Crippen MR) is 26.7 cm³/mol. The van der Waals surface area contributed by atoms with Crippen LogP contribution in [0.1, 0.15) is 6.92 Å². The molecule has 0 amide bonds. The molecule has 1 aromatic heterocycles. The van der Waals surface area contributed by atoms with Gasteiger partial charge in [0.1, 0.15) is 12.4 Å². The van der Waals surface area contributed by atoms with Crippen LogP contribution in [-0.4, -0.2) is 4.98 Å². The van der Waals surface area contributed by atoms with Gasteiger partial charge in [-0.3, -0.25) is 4.98 Å². The number of aromatic nitrogens is 2. The van der Waals surface area contributed by atoms with Crippen molar-refractivity contribution in [3.05, 3.63) is 18.7 Å².